The number of nitrogen functional groups attached to an aromatic ring is 1. The summed E-state index contributed by atoms with van der Waals surface area (Å²) in [6.07, 6.45) is 3.24. The molecular formula is C19H24N4O. The largest absolute Gasteiger partial charge is 0.399 e. The number of amides is 1. The Morgan fingerprint density at radius 2 is 2.08 bits per heavy atom. The van der Waals surface area contributed by atoms with Crippen LogP contribution in [0, 0.1) is 5.92 Å². The fraction of sp³-hybridized carbons (Fsp3) is 0.421. The standard InChI is InChI=1S/C19H24N4O/c1-4-11(3)19(24)23-18-15(5-2)21-17-14-8-7-13(20)10-12(14)6-9-16(17)22-18/h7-8,10-11H,4-6,9,20H2,1-3H3,(H,22,23,24). The van der Waals surface area contributed by atoms with Crippen LogP contribution >= 0.6 is 0 Å². The summed E-state index contributed by atoms with van der Waals surface area (Å²) < 4.78 is 0. The number of nitrogens with zero attached hydrogens (tertiary/aromatic N) is 2. The molecule has 1 aromatic carbocycles. The lowest BCUT2D eigenvalue weighted by Crippen LogP contribution is -2.23. The topological polar surface area (TPSA) is 80.9 Å². The van der Waals surface area contributed by atoms with Gasteiger partial charge in [0, 0.05) is 17.2 Å². The first kappa shape index (κ1) is 16.4. The van der Waals surface area contributed by atoms with E-state index in [-0.39, 0.29) is 11.8 Å². The molecule has 0 saturated carbocycles. The van der Waals surface area contributed by atoms with Crippen molar-refractivity contribution in [2.24, 2.45) is 5.92 Å². The molecule has 1 aliphatic carbocycles. The van der Waals surface area contributed by atoms with Crippen molar-refractivity contribution < 1.29 is 4.79 Å². The van der Waals surface area contributed by atoms with Gasteiger partial charge in [0.15, 0.2) is 5.82 Å². The Balaban J connectivity index is 2.01. The third kappa shape index (κ3) is 2.98. The molecule has 3 N–H and O–H groups in total. The lowest BCUT2D eigenvalue weighted by atomic mass is 9.91. The first-order valence-corrected chi connectivity index (χ1v) is 8.62. The Morgan fingerprint density at radius 3 is 2.79 bits per heavy atom. The summed E-state index contributed by atoms with van der Waals surface area (Å²) in [6, 6.07) is 5.94. The van der Waals surface area contributed by atoms with Crippen molar-refractivity contribution >= 4 is 17.4 Å². The minimum atomic E-state index is -0.0313. The zero-order valence-electron chi connectivity index (χ0n) is 14.5. The molecule has 5 nitrogen and oxygen atoms in total. The zero-order valence-corrected chi connectivity index (χ0v) is 14.5. The van der Waals surface area contributed by atoms with Crippen molar-refractivity contribution in [2.75, 3.05) is 11.1 Å². The number of aromatic nitrogens is 2. The highest BCUT2D eigenvalue weighted by Crippen LogP contribution is 2.33. The predicted octanol–water partition coefficient (Wildman–Crippen LogP) is 3.37. The molecule has 24 heavy (non-hydrogen) atoms. The Bertz CT molecular complexity index is 785. The summed E-state index contributed by atoms with van der Waals surface area (Å²) in [7, 11) is 0. The van der Waals surface area contributed by atoms with Crippen LogP contribution in [0.25, 0.3) is 11.3 Å². The molecule has 0 spiro atoms. The van der Waals surface area contributed by atoms with Crippen LogP contribution in [0.2, 0.25) is 0 Å². The van der Waals surface area contributed by atoms with E-state index in [4.69, 9.17) is 15.7 Å². The number of nitrogens with one attached hydrogen (secondary N) is 1. The fourth-order valence-corrected chi connectivity index (χ4v) is 2.97. The number of fused-ring (bicyclic) bond motifs is 3. The van der Waals surface area contributed by atoms with Gasteiger partial charge in [-0.2, -0.15) is 0 Å². The molecule has 0 fully saturated rings. The lowest BCUT2D eigenvalue weighted by molar-refractivity contribution is -0.119. The minimum Gasteiger partial charge on any atom is -0.399 e. The van der Waals surface area contributed by atoms with Gasteiger partial charge in [0.05, 0.1) is 17.1 Å². The zero-order chi connectivity index (χ0) is 17.3. The highest BCUT2D eigenvalue weighted by atomic mass is 16.1. The SMILES string of the molecule is CCc1nc2c(nc1NC(=O)C(C)CC)CCc1cc(N)ccc1-2. The quantitative estimate of drug-likeness (QED) is 0.845. The van der Waals surface area contributed by atoms with Gasteiger partial charge in [0.25, 0.3) is 0 Å². The van der Waals surface area contributed by atoms with Crippen molar-refractivity contribution in [1.82, 2.24) is 9.97 Å². The number of carbonyl (C=O) groups excluding carboxylic acids is 1. The van der Waals surface area contributed by atoms with Crippen LogP contribution < -0.4 is 11.1 Å². The molecule has 0 radical (unpaired) electrons. The van der Waals surface area contributed by atoms with Crippen LogP contribution in [0.4, 0.5) is 11.5 Å². The summed E-state index contributed by atoms with van der Waals surface area (Å²) in [5.41, 5.74) is 11.7. The second-order valence-corrected chi connectivity index (χ2v) is 6.38. The molecule has 0 aliphatic heterocycles. The lowest BCUT2D eigenvalue weighted by Gasteiger charge is -2.21. The number of carbonyl (C=O) groups is 1. The van der Waals surface area contributed by atoms with E-state index < -0.39 is 0 Å². The van der Waals surface area contributed by atoms with Crippen LogP contribution in [0.5, 0.6) is 0 Å². The number of hydrogen-bond donors (Lipinski definition) is 2. The molecular weight excluding hydrogens is 300 g/mol. The molecule has 2 aromatic rings. The number of rotatable bonds is 4. The van der Waals surface area contributed by atoms with Crippen molar-refractivity contribution in [3.8, 4) is 11.3 Å². The van der Waals surface area contributed by atoms with Gasteiger partial charge in [0.1, 0.15) is 0 Å². The Labute approximate surface area is 142 Å². The molecule has 1 unspecified atom stereocenters. The average molecular weight is 324 g/mol. The van der Waals surface area contributed by atoms with Gasteiger partial charge in [0.2, 0.25) is 5.91 Å². The first-order valence-electron chi connectivity index (χ1n) is 8.62. The maximum Gasteiger partial charge on any atom is 0.228 e. The summed E-state index contributed by atoms with van der Waals surface area (Å²) >= 11 is 0. The van der Waals surface area contributed by atoms with Crippen molar-refractivity contribution in [3.05, 3.63) is 35.2 Å². The Hall–Kier alpha value is -2.43. The molecule has 1 aromatic heterocycles. The van der Waals surface area contributed by atoms with Crippen LogP contribution in [-0.4, -0.2) is 15.9 Å². The molecule has 5 heteroatoms. The Morgan fingerprint density at radius 1 is 1.29 bits per heavy atom. The second kappa shape index (κ2) is 6.59. The molecule has 126 valence electrons. The smallest absolute Gasteiger partial charge is 0.228 e. The summed E-state index contributed by atoms with van der Waals surface area (Å²) in [4.78, 5) is 21.8. The highest BCUT2D eigenvalue weighted by molar-refractivity contribution is 5.92. The van der Waals surface area contributed by atoms with Crippen molar-refractivity contribution in [3.63, 3.8) is 0 Å². The summed E-state index contributed by atoms with van der Waals surface area (Å²) in [5.74, 6) is 0.585. The molecule has 1 atom stereocenters. The maximum absolute atomic E-state index is 12.2. The molecule has 1 aliphatic rings. The number of hydrogen-bond acceptors (Lipinski definition) is 4. The van der Waals surface area contributed by atoms with Gasteiger partial charge < -0.3 is 11.1 Å². The van der Waals surface area contributed by atoms with Crippen molar-refractivity contribution in [1.29, 1.82) is 0 Å². The van der Waals surface area contributed by atoms with Gasteiger partial charge in [-0.3, -0.25) is 4.79 Å². The van der Waals surface area contributed by atoms with Gasteiger partial charge >= 0.3 is 0 Å². The maximum atomic E-state index is 12.2. The Kier molecular flexibility index (Phi) is 4.51. The van der Waals surface area contributed by atoms with Crippen molar-refractivity contribution in [2.45, 2.75) is 46.5 Å². The normalized spacial score (nSPS) is 13.8. The van der Waals surface area contributed by atoms with E-state index in [0.717, 1.165) is 54.0 Å². The van der Waals surface area contributed by atoms with E-state index in [2.05, 4.69) is 5.32 Å². The van der Waals surface area contributed by atoms with E-state index >= 15 is 0 Å². The summed E-state index contributed by atoms with van der Waals surface area (Å²) in [6.45, 7) is 5.96. The van der Waals surface area contributed by atoms with Gasteiger partial charge in [-0.15, -0.1) is 0 Å². The monoisotopic (exact) mass is 324 g/mol. The molecule has 3 rings (SSSR count). The van der Waals surface area contributed by atoms with Gasteiger partial charge in [-0.1, -0.05) is 26.8 Å². The third-order valence-electron chi connectivity index (χ3n) is 4.69. The number of nitrogens with two attached hydrogens (primary N) is 1. The fourth-order valence-electron chi connectivity index (χ4n) is 2.97. The highest BCUT2D eigenvalue weighted by Gasteiger charge is 2.22. The summed E-state index contributed by atoms with van der Waals surface area (Å²) in [5, 5.41) is 2.96. The van der Waals surface area contributed by atoms with E-state index in [1.165, 1.54) is 5.56 Å². The average Bonchev–Trinajstić information content (AvgIpc) is 2.59. The number of aryl methyl sites for hydroxylation is 3. The second-order valence-electron chi connectivity index (χ2n) is 6.38. The molecule has 0 saturated heterocycles. The van der Waals surface area contributed by atoms with Crippen LogP contribution in [0.1, 0.15) is 44.1 Å². The first-order chi connectivity index (χ1) is 11.5. The minimum absolute atomic E-state index is 0.00503. The van der Waals surface area contributed by atoms with Gasteiger partial charge in [-0.05, 0) is 43.4 Å². The number of benzene rings is 1. The van der Waals surface area contributed by atoms with Gasteiger partial charge in [-0.25, -0.2) is 9.97 Å². The number of anilines is 2. The molecule has 1 heterocycles. The van der Waals surface area contributed by atoms with Crippen LogP contribution in [-0.2, 0) is 24.1 Å². The molecule has 0 bridgehead atoms. The third-order valence-corrected chi connectivity index (χ3v) is 4.69. The van der Waals surface area contributed by atoms with E-state index in [1.807, 2.05) is 39.0 Å². The molecule has 1 amide bonds. The van der Waals surface area contributed by atoms with E-state index in [9.17, 15) is 4.79 Å². The van der Waals surface area contributed by atoms with E-state index in [1.54, 1.807) is 0 Å². The van der Waals surface area contributed by atoms with E-state index in [0.29, 0.717) is 5.82 Å². The van der Waals surface area contributed by atoms with Crippen LogP contribution in [0.15, 0.2) is 18.2 Å². The predicted molar refractivity (Wildman–Crippen MR) is 96.8 cm³/mol. The van der Waals surface area contributed by atoms with Crippen LogP contribution in [0.3, 0.4) is 0 Å².